The fraction of sp³-hybridized carbons (Fsp3) is 0.273. The number of benzene rings is 1. The first-order valence-corrected chi connectivity index (χ1v) is 9.34. The molecular formula is C22H25N3O3. The SMILES string of the molecule is C=CCc1ccccc1OCc1ccc(C(=O)NCCCn2nccc2C)o1. The molecule has 28 heavy (non-hydrogen) atoms. The van der Waals surface area contributed by atoms with E-state index < -0.39 is 0 Å². The van der Waals surface area contributed by atoms with Crippen molar-refractivity contribution < 1.29 is 13.9 Å². The van der Waals surface area contributed by atoms with Gasteiger partial charge in [-0.15, -0.1) is 6.58 Å². The number of hydrogen-bond acceptors (Lipinski definition) is 4. The van der Waals surface area contributed by atoms with Crippen LogP contribution < -0.4 is 10.1 Å². The summed E-state index contributed by atoms with van der Waals surface area (Å²) in [7, 11) is 0. The summed E-state index contributed by atoms with van der Waals surface area (Å²) in [4.78, 5) is 12.2. The van der Waals surface area contributed by atoms with E-state index in [1.165, 1.54) is 0 Å². The Balaban J connectivity index is 1.46. The average molecular weight is 379 g/mol. The molecule has 6 nitrogen and oxygen atoms in total. The van der Waals surface area contributed by atoms with Gasteiger partial charge in [-0.3, -0.25) is 9.48 Å². The van der Waals surface area contributed by atoms with Gasteiger partial charge in [0.25, 0.3) is 5.91 Å². The summed E-state index contributed by atoms with van der Waals surface area (Å²) in [6.07, 6.45) is 5.15. The Morgan fingerprint density at radius 1 is 1.29 bits per heavy atom. The zero-order chi connectivity index (χ0) is 19.8. The summed E-state index contributed by atoms with van der Waals surface area (Å²) in [5.41, 5.74) is 2.17. The van der Waals surface area contributed by atoms with Crippen molar-refractivity contribution in [3.63, 3.8) is 0 Å². The van der Waals surface area contributed by atoms with E-state index in [0.29, 0.717) is 12.3 Å². The molecule has 0 radical (unpaired) electrons. The fourth-order valence-electron chi connectivity index (χ4n) is 2.85. The Morgan fingerprint density at radius 2 is 2.14 bits per heavy atom. The number of carbonyl (C=O) groups is 1. The van der Waals surface area contributed by atoms with E-state index in [9.17, 15) is 4.79 Å². The first-order valence-electron chi connectivity index (χ1n) is 9.34. The number of ether oxygens (including phenoxy) is 1. The average Bonchev–Trinajstić information content (AvgIpc) is 3.34. The van der Waals surface area contributed by atoms with Crippen LogP contribution in [0.15, 0.2) is 65.7 Å². The first-order chi connectivity index (χ1) is 13.7. The van der Waals surface area contributed by atoms with E-state index in [1.54, 1.807) is 18.3 Å². The lowest BCUT2D eigenvalue weighted by Crippen LogP contribution is -2.25. The molecule has 0 aliphatic carbocycles. The summed E-state index contributed by atoms with van der Waals surface area (Å²) in [6, 6.07) is 13.2. The number of para-hydroxylation sites is 1. The molecule has 0 unspecified atom stereocenters. The van der Waals surface area contributed by atoms with Gasteiger partial charge in [-0.1, -0.05) is 24.3 Å². The highest BCUT2D eigenvalue weighted by Crippen LogP contribution is 2.20. The monoisotopic (exact) mass is 379 g/mol. The molecule has 2 heterocycles. The number of allylic oxidation sites excluding steroid dienone is 1. The number of carbonyl (C=O) groups excluding carboxylic acids is 1. The largest absolute Gasteiger partial charge is 0.485 e. The molecule has 3 rings (SSSR count). The Hall–Kier alpha value is -3.28. The molecule has 0 atom stereocenters. The van der Waals surface area contributed by atoms with Crippen molar-refractivity contribution >= 4 is 5.91 Å². The molecule has 1 N–H and O–H groups in total. The van der Waals surface area contributed by atoms with Crippen molar-refractivity contribution in [3.05, 3.63) is 84.1 Å². The highest BCUT2D eigenvalue weighted by molar-refractivity contribution is 5.91. The van der Waals surface area contributed by atoms with Crippen molar-refractivity contribution in [2.75, 3.05) is 6.54 Å². The van der Waals surface area contributed by atoms with Gasteiger partial charge in [0.05, 0.1) is 0 Å². The smallest absolute Gasteiger partial charge is 0.286 e. The molecule has 0 bridgehead atoms. The highest BCUT2D eigenvalue weighted by Gasteiger charge is 2.11. The molecule has 0 saturated heterocycles. The van der Waals surface area contributed by atoms with Gasteiger partial charge in [-0.05, 0) is 49.6 Å². The van der Waals surface area contributed by atoms with Crippen LogP contribution in [0, 0.1) is 6.92 Å². The molecule has 0 spiro atoms. The zero-order valence-corrected chi connectivity index (χ0v) is 16.1. The first kappa shape index (κ1) is 19.5. The number of nitrogens with zero attached hydrogens (tertiary/aromatic N) is 2. The number of rotatable bonds is 10. The van der Waals surface area contributed by atoms with E-state index in [0.717, 1.165) is 36.4 Å². The van der Waals surface area contributed by atoms with Gasteiger partial charge in [0.1, 0.15) is 18.1 Å². The quantitative estimate of drug-likeness (QED) is 0.428. The number of aromatic nitrogens is 2. The summed E-state index contributed by atoms with van der Waals surface area (Å²) in [5.74, 6) is 1.45. The van der Waals surface area contributed by atoms with Gasteiger partial charge in [0, 0.05) is 25.0 Å². The van der Waals surface area contributed by atoms with Gasteiger partial charge >= 0.3 is 0 Å². The predicted molar refractivity (Wildman–Crippen MR) is 107 cm³/mol. The Bertz CT molecular complexity index is 927. The maximum absolute atomic E-state index is 12.2. The third kappa shape index (κ3) is 5.13. The van der Waals surface area contributed by atoms with Gasteiger partial charge < -0.3 is 14.5 Å². The Morgan fingerprint density at radius 3 is 2.93 bits per heavy atom. The molecule has 0 saturated carbocycles. The summed E-state index contributed by atoms with van der Waals surface area (Å²) in [5, 5.41) is 7.09. The van der Waals surface area contributed by atoms with E-state index >= 15 is 0 Å². The van der Waals surface area contributed by atoms with Crippen LogP contribution in [-0.2, 0) is 19.6 Å². The Labute approximate surface area is 164 Å². The van der Waals surface area contributed by atoms with Crippen LogP contribution in [0.3, 0.4) is 0 Å². The highest BCUT2D eigenvalue weighted by atomic mass is 16.5. The minimum atomic E-state index is -0.226. The molecular weight excluding hydrogens is 354 g/mol. The molecule has 146 valence electrons. The van der Waals surface area contributed by atoms with Crippen LogP contribution in [0.25, 0.3) is 0 Å². The van der Waals surface area contributed by atoms with Crippen LogP contribution in [-0.4, -0.2) is 22.2 Å². The van der Waals surface area contributed by atoms with Crippen LogP contribution >= 0.6 is 0 Å². The van der Waals surface area contributed by atoms with Gasteiger partial charge in [-0.2, -0.15) is 5.10 Å². The number of amides is 1. The van der Waals surface area contributed by atoms with E-state index in [2.05, 4.69) is 17.0 Å². The molecule has 0 aliphatic rings. The molecule has 1 amide bonds. The van der Waals surface area contributed by atoms with Gasteiger partial charge in [0.2, 0.25) is 0 Å². The second-order valence-electron chi connectivity index (χ2n) is 6.46. The number of aryl methyl sites for hydroxylation is 2. The zero-order valence-electron chi connectivity index (χ0n) is 16.1. The maximum atomic E-state index is 12.2. The summed E-state index contributed by atoms with van der Waals surface area (Å²) >= 11 is 0. The normalized spacial score (nSPS) is 10.6. The third-order valence-electron chi connectivity index (χ3n) is 4.35. The van der Waals surface area contributed by atoms with Crippen molar-refractivity contribution in [1.29, 1.82) is 0 Å². The van der Waals surface area contributed by atoms with Gasteiger partial charge in [-0.25, -0.2) is 0 Å². The number of furan rings is 1. The standard InChI is InChI=1S/C22H25N3O3/c1-3-7-18-8-4-5-9-20(18)27-16-19-10-11-21(28-19)22(26)23-13-6-15-25-17(2)12-14-24-25/h3-5,8-12,14H,1,6-7,13,15-16H2,2H3,(H,23,26). The lowest BCUT2D eigenvalue weighted by atomic mass is 10.1. The summed E-state index contributed by atoms with van der Waals surface area (Å²) in [6.45, 7) is 7.36. The lowest BCUT2D eigenvalue weighted by Gasteiger charge is -2.09. The van der Waals surface area contributed by atoms with E-state index in [1.807, 2.05) is 48.0 Å². The maximum Gasteiger partial charge on any atom is 0.286 e. The van der Waals surface area contributed by atoms with Crippen LogP contribution in [0.1, 0.15) is 34.0 Å². The summed E-state index contributed by atoms with van der Waals surface area (Å²) < 4.78 is 13.4. The van der Waals surface area contributed by atoms with Crippen LogP contribution in [0.5, 0.6) is 5.75 Å². The van der Waals surface area contributed by atoms with Crippen molar-refractivity contribution in [3.8, 4) is 5.75 Å². The second-order valence-corrected chi connectivity index (χ2v) is 6.46. The van der Waals surface area contributed by atoms with Crippen molar-refractivity contribution in [2.24, 2.45) is 0 Å². The van der Waals surface area contributed by atoms with Crippen molar-refractivity contribution in [1.82, 2.24) is 15.1 Å². The van der Waals surface area contributed by atoms with Crippen LogP contribution in [0.4, 0.5) is 0 Å². The van der Waals surface area contributed by atoms with Gasteiger partial charge in [0.15, 0.2) is 5.76 Å². The number of hydrogen-bond donors (Lipinski definition) is 1. The predicted octanol–water partition coefficient (Wildman–Crippen LogP) is 3.91. The third-order valence-corrected chi connectivity index (χ3v) is 4.35. The molecule has 1 aromatic carbocycles. The second kappa shape index (κ2) is 9.60. The lowest BCUT2D eigenvalue weighted by molar-refractivity contribution is 0.0920. The molecule has 3 aromatic rings. The van der Waals surface area contributed by atoms with Crippen molar-refractivity contribution in [2.45, 2.75) is 32.9 Å². The molecule has 2 aromatic heterocycles. The minimum Gasteiger partial charge on any atom is -0.485 e. The molecule has 0 aliphatic heterocycles. The fourth-order valence-corrected chi connectivity index (χ4v) is 2.85. The topological polar surface area (TPSA) is 69.3 Å². The van der Waals surface area contributed by atoms with Crippen LogP contribution in [0.2, 0.25) is 0 Å². The molecule has 6 heteroatoms. The van der Waals surface area contributed by atoms with E-state index in [4.69, 9.17) is 9.15 Å². The van der Waals surface area contributed by atoms with E-state index in [-0.39, 0.29) is 18.3 Å². The minimum absolute atomic E-state index is 0.226. The Kier molecular flexibility index (Phi) is 6.68. The number of nitrogens with one attached hydrogen (secondary N) is 1. The molecule has 0 fully saturated rings.